The highest BCUT2D eigenvalue weighted by molar-refractivity contribution is 6.11. The van der Waals surface area contributed by atoms with E-state index in [2.05, 4.69) is 41.6 Å². The van der Waals surface area contributed by atoms with Crippen molar-refractivity contribution in [1.82, 2.24) is 0 Å². The second-order valence-electron chi connectivity index (χ2n) is 17.7. The molecule has 0 aliphatic carbocycles. The number of alkyl halides is 6. The molecule has 0 aliphatic rings. The molecule has 0 radical (unpaired) electrons. The molecule has 0 saturated carbocycles. The van der Waals surface area contributed by atoms with E-state index in [1.165, 1.54) is 48.5 Å². The van der Waals surface area contributed by atoms with Crippen LogP contribution < -0.4 is 0 Å². The highest BCUT2D eigenvalue weighted by Gasteiger charge is 2.37. The quantitative estimate of drug-likeness (QED) is 0.0467. The molecule has 80 heavy (non-hydrogen) atoms. The zero-order valence-electron chi connectivity index (χ0n) is 40.7. The Kier molecular flexibility index (Phi) is 14.9. The number of benzene rings is 10. The number of rotatable bonds is 0. The molecular weight excluding hydrogens is 1070 g/mol. The summed E-state index contributed by atoms with van der Waals surface area (Å²) in [5, 5.41) is 3.95. The minimum absolute atomic E-state index is 0.0805. The van der Waals surface area contributed by atoms with Crippen molar-refractivity contribution >= 4 is 43.1 Å². The van der Waals surface area contributed by atoms with Crippen LogP contribution in [-0.2, 0) is 12.4 Å². The lowest BCUT2D eigenvalue weighted by atomic mass is 9.91. The first-order valence-electron chi connectivity index (χ1n) is 23.3. The molecule has 0 nitrogen and oxygen atoms in total. The van der Waals surface area contributed by atoms with Crippen LogP contribution in [0.2, 0.25) is 0 Å². The maximum atomic E-state index is 14.2. The van der Waals surface area contributed by atoms with Gasteiger partial charge in [-0.15, -0.1) is 0 Å². The molecule has 0 aromatic heterocycles. The predicted octanol–water partition coefficient (Wildman–Crippen LogP) is 17.6. The molecule has 0 bridgehead atoms. The van der Waals surface area contributed by atoms with Crippen molar-refractivity contribution in [3.63, 3.8) is 0 Å². The Hall–Kier alpha value is -9.64. The van der Waals surface area contributed by atoms with Gasteiger partial charge in [0.15, 0.2) is 46.5 Å². The first-order chi connectivity index (χ1) is 37.9. The molecule has 0 N–H and O–H groups in total. The fraction of sp³-hybridized carbons (Fsp3) is 0.0625. The largest absolute Gasteiger partial charge is 0.416 e. The minimum atomic E-state index is -4.95. The van der Waals surface area contributed by atoms with Crippen molar-refractivity contribution in [2.75, 3.05) is 0 Å². The number of halogens is 16. The summed E-state index contributed by atoms with van der Waals surface area (Å²) in [5.74, 6) is -0.942. The van der Waals surface area contributed by atoms with E-state index in [4.69, 9.17) is 0 Å². The summed E-state index contributed by atoms with van der Waals surface area (Å²) >= 11 is 0. The zero-order valence-corrected chi connectivity index (χ0v) is 40.7. The van der Waals surface area contributed by atoms with Crippen molar-refractivity contribution in [3.8, 4) is 47.4 Å². The van der Waals surface area contributed by atoms with E-state index in [1.807, 2.05) is 74.2 Å². The SMILES string of the molecule is Cc1cc(C)cc(C#Cc2c3ccccc3c(C#Cc3cc(C(F)(F)F)cc(C(F)(F)F)c3)c3ccccc23)c1.Fc1c(F)c(F)c(C#Cc2c3ccccc3c(C#Cc3c(F)c(F)c(F)c(F)c3F)c3ccccc23)c(F)c1F. The molecule has 0 saturated heterocycles. The molecule has 10 rings (SSSR count). The van der Waals surface area contributed by atoms with E-state index in [0.29, 0.717) is 28.5 Å². The van der Waals surface area contributed by atoms with Crippen LogP contribution in [0.5, 0.6) is 0 Å². The third-order valence-corrected chi connectivity index (χ3v) is 12.4. The lowest BCUT2D eigenvalue weighted by molar-refractivity contribution is -0.143. The normalized spacial score (nSPS) is 11.2. The Labute approximate surface area is 443 Å². The van der Waals surface area contributed by atoms with Gasteiger partial charge in [0, 0.05) is 33.4 Å². The monoisotopic (exact) mass is 1100 g/mol. The molecule has 0 unspecified atom stereocenters. The van der Waals surface area contributed by atoms with Gasteiger partial charge in [0.25, 0.3) is 0 Å². The van der Waals surface area contributed by atoms with E-state index in [0.717, 1.165) is 33.0 Å². The van der Waals surface area contributed by atoms with Crippen LogP contribution in [0.15, 0.2) is 133 Å². The Morgan fingerprint density at radius 3 is 0.713 bits per heavy atom. The van der Waals surface area contributed by atoms with Gasteiger partial charge in [0.2, 0.25) is 11.6 Å². The first kappa shape index (κ1) is 55.1. The average molecular weight is 1100 g/mol. The second kappa shape index (κ2) is 21.6. The molecule has 0 aliphatic heterocycles. The summed E-state index contributed by atoms with van der Waals surface area (Å²) < 4.78 is 219. The highest BCUT2D eigenvalue weighted by atomic mass is 19.4. The summed E-state index contributed by atoms with van der Waals surface area (Å²) in [6.45, 7) is 4.00. The summed E-state index contributed by atoms with van der Waals surface area (Å²) in [4.78, 5) is 0. The zero-order chi connectivity index (χ0) is 57.5. The van der Waals surface area contributed by atoms with E-state index >= 15 is 0 Å². The number of hydrogen-bond acceptors (Lipinski definition) is 0. The van der Waals surface area contributed by atoms with Gasteiger partial charge in [-0.25, -0.2) is 43.9 Å². The van der Waals surface area contributed by atoms with E-state index in [1.54, 1.807) is 12.1 Å². The molecule has 0 atom stereocenters. The number of fused-ring (bicyclic) bond motifs is 4. The molecule has 16 heteroatoms. The Morgan fingerprint density at radius 2 is 0.463 bits per heavy atom. The van der Waals surface area contributed by atoms with Crippen molar-refractivity contribution in [1.29, 1.82) is 0 Å². The van der Waals surface area contributed by atoms with Crippen molar-refractivity contribution in [2.24, 2.45) is 0 Å². The van der Waals surface area contributed by atoms with Crippen molar-refractivity contribution in [2.45, 2.75) is 26.2 Å². The van der Waals surface area contributed by atoms with Gasteiger partial charge >= 0.3 is 12.4 Å². The number of hydrogen-bond donors (Lipinski definition) is 0. The smallest absolute Gasteiger partial charge is 0.202 e. The third kappa shape index (κ3) is 10.7. The third-order valence-electron chi connectivity index (χ3n) is 12.4. The van der Waals surface area contributed by atoms with Gasteiger partial charge < -0.3 is 0 Å². The van der Waals surface area contributed by atoms with Crippen LogP contribution in [0.25, 0.3) is 43.1 Å². The van der Waals surface area contributed by atoms with Crippen LogP contribution in [0.3, 0.4) is 0 Å². The summed E-state index contributed by atoms with van der Waals surface area (Å²) in [6.07, 6.45) is -9.90. The van der Waals surface area contributed by atoms with Crippen LogP contribution in [-0.4, -0.2) is 0 Å². The maximum Gasteiger partial charge on any atom is 0.416 e. The van der Waals surface area contributed by atoms with Gasteiger partial charge in [-0.1, -0.05) is 150 Å². The summed E-state index contributed by atoms with van der Waals surface area (Å²) in [6, 6.07) is 34.1. The van der Waals surface area contributed by atoms with Crippen LogP contribution in [0, 0.1) is 119 Å². The van der Waals surface area contributed by atoms with Crippen LogP contribution in [0.4, 0.5) is 70.2 Å². The Bertz CT molecular complexity index is 4130. The highest BCUT2D eigenvalue weighted by Crippen LogP contribution is 2.38. The van der Waals surface area contributed by atoms with E-state index in [-0.39, 0.29) is 44.3 Å². The molecule has 10 aromatic carbocycles. The van der Waals surface area contributed by atoms with Gasteiger partial charge in [0.05, 0.1) is 11.1 Å². The van der Waals surface area contributed by atoms with Gasteiger partial charge in [0.1, 0.15) is 11.1 Å². The lowest BCUT2D eigenvalue weighted by Gasteiger charge is -2.12. The van der Waals surface area contributed by atoms with E-state index in [9.17, 15) is 70.2 Å². The van der Waals surface area contributed by atoms with Crippen molar-refractivity contribution in [3.05, 3.63) is 258 Å². The van der Waals surface area contributed by atoms with Crippen LogP contribution >= 0.6 is 0 Å². The standard InChI is InChI=1S/C34H20F6.C30H8F10/c1-21-15-22(2)17-23(16-21)11-13-31-27-7-3-5-9-29(27)32(30-10-6-4-8-28(30)31)14-12-24-18-25(33(35,36)37)20-26(19-24)34(38,39)40;31-21-19(22(32)26(36)29(39)25(21)35)11-9-17-13-5-1-2-6-14(13)18(16-8-4-3-7-15(16)17)10-12-20-23(33)27(37)30(40)28(38)24(20)34/h3-10,15-20H,1-2H3;1-8H. The molecule has 10 aromatic rings. The minimum Gasteiger partial charge on any atom is -0.202 e. The Balaban J connectivity index is 0.000000194. The van der Waals surface area contributed by atoms with E-state index < -0.39 is 92.8 Å². The molecular formula is C64H28F16. The fourth-order valence-electron chi connectivity index (χ4n) is 8.82. The van der Waals surface area contributed by atoms with Gasteiger partial charge in [-0.05, 0) is 98.4 Å². The van der Waals surface area contributed by atoms with Crippen LogP contribution in [0.1, 0.15) is 66.8 Å². The molecule has 0 spiro atoms. The van der Waals surface area contributed by atoms with Crippen molar-refractivity contribution < 1.29 is 70.2 Å². The second-order valence-corrected chi connectivity index (χ2v) is 17.7. The lowest BCUT2D eigenvalue weighted by Crippen LogP contribution is -2.11. The van der Waals surface area contributed by atoms with Gasteiger partial charge in [-0.2, -0.15) is 26.3 Å². The maximum absolute atomic E-state index is 14.2. The first-order valence-corrected chi connectivity index (χ1v) is 23.3. The number of aryl methyl sites for hydroxylation is 2. The molecule has 396 valence electrons. The summed E-state index contributed by atoms with van der Waals surface area (Å²) in [5.41, 5.74) is -1.46. The molecule has 0 amide bonds. The average Bonchev–Trinajstić information content (AvgIpc) is 3.51. The Morgan fingerprint density at radius 1 is 0.250 bits per heavy atom. The summed E-state index contributed by atoms with van der Waals surface area (Å²) in [7, 11) is 0. The van der Waals surface area contributed by atoms with Gasteiger partial charge in [-0.3, -0.25) is 0 Å². The molecule has 0 fully saturated rings. The topological polar surface area (TPSA) is 0 Å². The molecule has 0 heterocycles. The predicted molar refractivity (Wildman–Crippen MR) is 272 cm³/mol. The fourth-order valence-corrected chi connectivity index (χ4v) is 8.82.